The number of methoxy groups -OCH3 is 1. The van der Waals surface area contributed by atoms with Crippen molar-refractivity contribution in [2.45, 2.75) is 45.7 Å². The monoisotopic (exact) mass is 412 g/mol. The van der Waals surface area contributed by atoms with Gasteiger partial charge in [-0.15, -0.1) is 0 Å². The van der Waals surface area contributed by atoms with E-state index < -0.39 is 6.04 Å². The number of likely N-dealkylation sites (N-methyl/N-ethyl adjacent to an activating group) is 1. The van der Waals surface area contributed by atoms with Gasteiger partial charge in [0.15, 0.2) is 0 Å². The van der Waals surface area contributed by atoms with E-state index in [4.69, 9.17) is 9.47 Å². The van der Waals surface area contributed by atoms with Crippen molar-refractivity contribution in [1.29, 1.82) is 0 Å². The highest BCUT2D eigenvalue weighted by molar-refractivity contribution is 5.87. The minimum absolute atomic E-state index is 0.0687. The van der Waals surface area contributed by atoms with Gasteiger partial charge in [0.1, 0.15) is 17.5 Å². The Balaban J connectivity index is 2.03. The van der Waals surface area contributed by atoms with Gasteiger partial charge in [0.2, 0.25) is 11.8 Å². The molecule has 0 aromatic heterocycles. The Morgan fingerprint density at radius 3 is 2.47 bits per heavy atom. The number of carbonyl (C=O) groups excluding carboxylic acids is 2. The van der Waals surface area contributed by atoms with Gasteiger partial charge in [-0.2, -0.15) is 0 Å². The van der Waals surface area contributed by atoms with E-state index in [1.54, 1.807) is 19.1 Å². The minimum atomic E-state index is -0.522. The second-order valence-electron chi connectivity index (χ2n) is 7.18. The third kappa shape index (κ3) is 6.79. The predicted octanol–water partition coefficient (Wildman–Crippen LogP) is 3.72. The van der Waals surface area contributed by atoms with Crippen molar-refractivity contribution >= 4 is 11.8 Å². The first kappa shape index (κ1) is 23.3. The average molecular weight is 413 g/mol. The minimum Gasteiger partial charge on any atom is -0.497 e. The molecule has 0 fully saturated rings. The van der Waals surface area contributed by atoms with E-state index in [1.807, 2.05) is 62.4 Å². The van der Waals surface area contributed by atoms with Crippen LogP contribution in [0.2, 0.25) is 0 Å². The lowest BCUT2D eigenvalue weighted by molar-refractivity contribution is -0.141. The number of benzene rings is 2. The Kier molecular flexibility index (Phi) is 9.19. The van der Waals surface area contributed by atoms with Crippen LogP contribution in [0, 0.1) is 6.92 Å². The summed E-state index contributed by atoms with van der Waals surface area (Å²) in [5, 5.41) is 2.67. The highest BCUT2D eigenvalue weighted by Gasteiger charge is 2.27. The topological polar surface area (TPSA) is 67.9 Å². The van der Waals surface area contributed by atoms with Crippen molar-refractivity contribution in [2.24, 2.45) is 0 Å². The molecule has 6 nitrogen and oxygen atoms in total. The van der Waals surface area contributed by atoms with Crippen LogP contribution in [0.25, 0.3) is 0 Å². The Bertz CT molecular complexity index is 820. The second-order valence-corrected chi connectivity index (χ2v) is 7.18. The van der Waals surface area contributed by atoms with Crippen LogP contribution in [0.15, 0.2) is 48.5 Å². The molecule has 2 aromatic rings. The quantitative estimate of drug-likeness (QED) is 0.571. The lowest BCUT2D eigenvalue weighted by atomic mass is 10.1. The maximum atomic E-state index is 13.0. The average Bonchev–Trinajstić information content (AvgIpc) is 2.77. The molecule has 2 rings (SSSR count). The number of carbonyl (C=O) groups is 2. The number of nitrogens with zero attached hydrogens (tertiary/aromatic N) is 1. The number of hydrogen-bond donors (Lipinski definition) is 1. The molecule has 1 atom stereocenters. The summed E-state index contributed by atoms with van der Waals surface area (Å²) in [6, 6.07) is 14.9. The second kappa shape index (κ2) is 11.9. The van der Waals surface area contributed by atoms with Crippen LogP contribution < -0.4 is 14.8 Å². The fraction of sp³-hybridized carbons (Fsp3) is 0.417. The number of rotatable bonds is 11. The molecule has 0 aliphatic rings. The van der Waals surface area contributed by atoms with Crippen LogP contribution in [0.1, 0.15) is 37.3 Å². The molecule has 2 amide bonds. The van der Waals surface area contributed by atoms with Crippen molar-refractivity contribution in [3.8, 4) is 11.5 Å². The molecule has 30 heavy (non-hydrogen) atoms. The molecule has 0 spiro atoms. The highest BCUT2D eigenvalue weighted by atomic mass is 16.5. The van der Waals surface area contributed by atoms with Gasteiger partial charge in [-0.3, -0.25) is 9.59 Å². The maximum Gasteiger partial charge on any atom is 0.242 e. The third-order valence-electron chi connectivity index (χ3n) is 4.94. The van der Waals surface area contributed by atoms with E-state index in [2.05, 4.69) is 5.32 Å². The summed E-state index contributed by atoms with van der Waals surface area (Å²) in [7, 11) is 3.20. The molecular weight excluding hydrogens is 380 g/mol. The molecule has 0 bridgehead atoms. The lowest BCUT2D eigenvalue weighted by Crippen LogP contribution is -2.48. The van der Waals surface area contributed by atoms with Crippen LogP contribution in [-0.4, -0.2) is 43.5 Å². The Morgan fingerprint density at radius 2 is 1.83 bits per heavy atom. The molecule has 0 heterocycles. The first-order valence-electron chi connectivity index (χ1n) is 10.3. The zero-order valence-electron chi connectivity index (χ0n) is 18.3. The first-order valence-corrected chi connectivity index (χ1v) is 10.3. The van der Waals surface area contributed by atoms with Crippen LogP contribution in [-0.2, 0) is 16.1 Å². The number of aryl methyl sites for hydroxylation is 1. The van der Waals surface area contributed by atoms with Crippen molar-refractivity contribution in [3.63, 3.8) is 0 Å². The SMILES string of the molecule is CCC(C(=O)NC)N(Cc1cccc(OC)c1)C(=O)CCCOc1ccc(C)cc1. The summed E-state index contributed by atoms with van der Waals surface area (Å²) in [4.78, 5) is 27.1. The molecule has 1 N–H and O–H groups in total. The van der Waals surface area contributed by atoms with Gasteiger partial charge in [0.05, 0.1) is 13.7 Å². The van der Waals surface area contributed by atoms with Gasteiger partial charge in [0, 0.05) is 20.0 Å². The number of ether oxygens (including phenoxy) is 2. The van der Waals surface area contributed by atoms with Crippen LogP contribution >= 0.6 is 0 Å². The zero-order valence-corrected chi connectivity index (χ0v) is 18.3. The normalized spacial score (nSPS) is 11.5. The Morgan fingerprint density at radius 1 is 1.10 bits per heavy atom. The van der Waals surface area contributed by atoms with Crippen LogP contribution in [0.3, 0.4) is 0 Å². The summed E-state index contributed by atoms with van der Waals surface area (Å²) in [6.45, 7) is 4.72. The van der Waals surface area contributed by atoms with Crippen LogP contribution in [0.5, 0.6) is 11.5 Å². The van der Waals surface area contributed by atoms with E-state index in [-0.39, 0.29) is 11.8 Å². The fourth-order valence-electron chi connectivity index (χ4n) is 3.25. The predicted molar refractivity (Wildman–Crippen MR) is 118 cm³/mol. The number of hydrogen-bond acceptors (Lipinski definition) is 4. The van der Waals surface area contributed by atoms with Gasteiger partial charge in [0.25, 0.3) is 0 Å². The molecule has 0 radical (unpaired) electrons. The van der Waals surface area contributed by atoms with Crippen molar-refractivity contribution in [2.75, 3.05) is 20.8 Å². The van der Waals surface area contributed by atoms with Gasteiger partial charge >= 0.3 is 0 Å². The molecule has 2 aromatic carbocycles. The standard InChI is InChI=1S/C24H32N2O4/c1-5-22(24(28)25-3)26(17-19-8-6-9-21(16-19)29-4)23(27)10-7-15-30-20-13-11-18(2)12-14-20/h6,8-9,11-14,16,22H,5,7,10,15,17H2,1-4H3,(H,25,28). The largest absolute Gasteiger partial charge is 0.497 e. The van der Waals surface area contributed by atoms with Crippen molar-refractivity contribution in [1.82, 2.24) is 10.2 Å². The molecule has 162 valence electrons. The summed E-state index contributed by atoms with van der Waals surface area (Å²) in [5.74, 6) is 1.28. The van der Waals surface area contributed by atoms with Gasteiger partial charge in [-0.1, -0.05) is 36.8 Å². The van der Waals surface area contributed by atoms with E-state index in [0.29, 0.717) is 32.4 Å². The van der Waals surface area contributed by atoms with Crippen molar-refractivity contribution in [3.05, 3.63) is 59.7 Å². The zero-order chi connectivity index (χ0) is 21.9. The van der Waals surface area contributed by atoms with E-state index in [0.717, 1.165) is 17.1 Å². The molecular formula is C24H32N2O4. The number of nitrogens with one attached hydrogen (secondary N) is 1. The van der Waals surface area contributed by atoms with E-state index in [9.17, 15) is 9.59 Å². The fourth-order valence-corrected chi connectivity index (χ4v) is 3.25. The summed E-state index contributed by atoms with van der Waals surface area (Å²) < 4.78 is 11.0. The smallest absolute Gasteiger partial charge is 0.242 e. The van der Waals surface area contributed by atoms with Gasteiger partial charge < -0.3 is 19.7 Å². The summed E-state index contributed by atoms with van der Waals surface area (Å²) >= 11 is 0. The van der Waals surface area contributed by atoms with E-state index in [1.165, 1.54) is 5.56 Å². The Labute approximate surface area is 179 Å². The number of amides is 2. The van der Waals surface area contributed by atoms with E-state index >= 15 is 0 Å². The molecule has 0 aliphatic heterocycles. The lowest BCUT2D eigenvalue weighted by Gasteiger charge is -2.30. The molecule has 6 heteroatoms. The summed E-state index contributed by atoms with van der Waals surface area (Å²) in [5.41, 5.74) is 2.09. The molecule has 0 saturated heterocycles. The summed E-state index contributed by atoms with van der Waals surface area (Å²) in [6.07, 6.45) is 1.42. The molecule has 1 unspecified atom stereocenters. The van der Waals surface area contributed by atoms with Crippen LogP contribution in [0.4, 0.5) is 0 Å². The third-order valence-corrected chi connectivity index (χ3v) is 4.94. The first-order chi connectivity index (χ1) is 14.5. The Hall–Kier alpha value is -3.02. The van der Waals surface area contributed by atoms with Gasteiger partial charge in [-0.25, -0.2) is 0 Å². The molecule has 0 aliphatic carbocycles. The highest BCUT2D eigenvalue weighted by Crippen LogP contribution is 2.18. The maximum absolute atomic E-state index is 13.0. The van der Waals surface area contributed by atoms with Gasteiger partial charge in [-0.05, 0) is 49.6 Å². The van der Waals surface area contributed by atoms with Crippen molar-refractivity contribution < 1.29 is 19.1 Å². The molecule has 0 saturated carbocycles.